The Morgan fingerprint density at radius 2 is 2.33 bits per heavy atom. The number of hydrogen-bond donors (Lipinski definition) is 2. The van der Waals surface area contributed by atoms with Crippen LogP contribution in [0, 0.1) is 6.92 Å². The molecule has 0 saturated heterocycles. The van der Waals surface area contributed by atoms with Gasteiger partial charge in [-0.15, -0.1) is 0 Å². The lowest BCUT2D eigenvalue weighted by Gasteiger charge is -2.12. The summed E-state index contributed by atoms with van der Waals surface area (Å²) in [6.45, 7) is 7.32. The van der Waals surface area contributed by atoms with E-state index < -0.39 is 0 Å². The van der Waals surface area contributed by atoms with Crippen LogP contribution in [0.1, 0.15) is 38.8 Å². The fourth-order valence-corrected chi connectivity index (χ4v) is 2.56. The van der Waals surface area contributed by atoms with Crippen LogP contribution in [0.2, 0.25) is 0 Å². The van der Waals surface area contributed by atoms with Gasteiger partial charge >= 0.3 is 0 Å². The minimum atomic E-state index is -0.0667. The van der Waals surface area contributed by atoms with Gasteiger partial charge in [-0.2, -0.15) is 0 Å². The van der Waals surface area contributed by atoms with Gasteiger partial charge in [0.1, 0.15) is 0 Å². The second kappa shape index (κ2) is 8.32. The lowest BCUT2D eigenvalue weighted by molar-refractivity contribution is 0.510. The van der Waals surface area contributed by atoms with Crippen LogP contribution in [0.5, 0.6) is 0 Å². The SMILES string of the molecule is CCCNC(C)CCCSc1nc(C)cc(=O)[nH]1. The number of nitrogens with zero attached hydrogens (tertiary/aromatic N) is 1. The van der Waals surface area contributed by atoms with Gasteiger partial charge in [0.05, 0.1) is 0 Å². The van der Waals surface area contributed by atoms with Crippen molar-refractivity contribution in [1.82, 2.24) is 15.3 Å². The highest BCUT2D eigenvalue weighted by Gasteiger charge is 2.02. The van der Waals surface area contributed by atoms with Crippen LogP contribution < -0.4 is 10.9 Å². The van der Waals surface area contributed by atoms with Crippen molar-refractivity contribution in [2.45, 2.75) is 51.2 Å². The van der Waals surface area contributed by atoms with Crippen LogP contribution >= 0.6 is 11.8 Å². The van der Waals surface area contributed by atoms with E-state index in [0.29, 0.717) is 6.04 Å². The fraction of sp³-hybridized carbons (Fsp3) is 0.692. The summed E-state index contributed by atoms with van der Waals surface area (Å²) in [5.74, 6) is 0.991. The fourth-order valence-electron chi connectivity index (χ4n) is 1.67. The standard InChI is InChI=1S/C13H23N3OS/c1-4-7-14-10(2)6-5-8-18-13-15-11(3)9-12(17)16-13/h9-10,14H,4-8H2,1-3H3,(H,15,16,17). The highest BCUT2D eigenvalue weighted by molar-refractivity contribution is 7.99. The number of aromatic nitrogens is 2. The quantitative estimate of drug-likeness (QED) is 0.432. The highest BCUT2D eigenvalue weighted by atomic mass is 32.2. The van der Waals surface area contributed by atoms with E-state index in [1.54, 1.807) is 11.8 Å². The van der Waals surface area contributed by atoms with Crippen molar-refractivity contribution < 1.29 is 0 Å². The number of hydrogen-bond acceptors (Lipinski definition) is 4. The molecule has 2 N–H and O–H groups in total. The van der Waals surface area contributed by atoms with E-state index in [1.807, 2.05) is 6.92 Å². The molecule has 4 nitrogen and oxygen atoms in total. The molecule has 1 atom stereocenters. The summed E-state index contributed by atoms with van der Waals surface area (Å²) in [5, 5.41) is 4.20. The van der Waals surface area contributed by atoms with E-state index >= 15 is 0 Å². The van der Waals surface area contributed by atoms with E-state index in [2.05, 4.69) is 29.1 Å². The normalized spacial score (nSPS) is 12.6. The Hall–Kier alpha value is -0.810. The first-order valence-corrected chi connectivity index (χ1v) is 7.54. The largest absolute Gasteiger partial charge is 0.314 e. The van der Waals surface area contributed by atoms with Crippen LogP contribution in [0.4, 0.5) is 0 Å². The predicted octanol–water partition coefficient (Wildman–Crippen LogP) is 2.34. The van der Waals surface area contributed by atoms with Gasteiger partial charge in [0.25, 0.3) is 5.56 Å². The molecule has 102 valence electrons. The maximum atomic E-state index is 11.3. The van der Waals surface area contributed by atoms with Crippen molar-refractivity contribution in [3.05, 3.63) is 22.1 Å². The summed E-state index contributed by atoms with van der Waals surface area (Å²) in [6, 6.07) is 2.08. The first kappa shape index (κ1) is 15.2. The second-order valence-corrected chi connectivity index (χ2v) is 5.62. The molecular formula is C13H23N3OS. The van der Waals surface area contributed by atoms with E-state index in [-0.39, 0.29) is 5.56 Å². The maximum absolute atomic E-state index is 11.3. The number of H-pyrrole nitrogens is 1. The number of aromatic amines is 1. The third-order valence-corrected chi connectivity index (χ3v) is 3.57. The van der Waals surface area contributed by atoms with Gasteiger partial charge in [-0.1, -0.05) is 18.7 Å². The van der Waals surface area contributed by atoms with Gasteiger partial charge in [0, 0.05) is 23.6 Å². The molecule has 0 aliphatic heterocycles. The first-order valence-electron chi connectivity index (χ1n) is 6.56. The Kier molecular flexibility index (Phi) is 7.05. The molecule has 1 unspecified atom stereocenters. The van der Waals surface area contributed by atoms with Gasteiger partial charge < -0.3 is 10.3 Å². The molecule has 18 heavy (non-hydrogen) atoms. The minimum absolute atomic E-state index is 0.0667. The van der Waals surface area contributed by atoms with Crippen molar-refractivity contribution in [3.63, 3.8) is 0 Å². The van der Waals surface area contributed by atoms with Gasteiger partial charge in [-0.05, 0) is 39.7 Å². The Labute approximate surface area is 113 Å². The van der Waals surface area contributed by atoms with Crippen molar-refractivity contribution >= 4 is 11.8 Å². The Morgan fingerprint density at radius 3 is 3.00 bits per heavy atom. The molecule has 1 aromatic rings. The molecule has 0 aliphatic rings. The minimum Gasteiger partial charge on any atom is -0.314 e. The Morgan fingerprint density at radius 1 is 1.56 bits per heavy atom. The van der Waals surface area contributed by atoms with E-state index in [1.165, 1.54) is 12.5 Å². The molecule has 5 heteroatoms. The van der Waals surface area contributed by atoms with E-state index in [9.17, 15) is 4.79 Å². The molecule has 1 aromatic heterocycles. The Bertz CT molecular complexity index is 405. The maximum Gasteiger partial charge on any atom is 0.251 e. The van der Waals surface area contributed by atoms with E-state index in [4.69, 9.17) is 0 Å². The molecule has 1 heterocycles. The molecule has 0 spiro atoms. The monoisotopic (exact) mass is 269 g/mol. The zero-order valence-electron chi connectivity index (χ0n) is 11.5. The van der Waals surface area contributed by atoms with Crippen LogP contribution in [-0.4, -0.2) is 28.3 Å². The average Bonchev–Trinajstić information content (AvgIpc) is 2.31. The summed E-state index contributed by atoms with van der Waals surface area (Å²) in [4.78, 5) is 18.3. The average molecular weight is 269 g/mol. The van der Waals surface area contributed by atoms with Gasteiger partial charge in [-0.25, -0.2) is 4.98 Å². The number of nitrogens with one attached hydrogen (secondary N) is 2. The molecule has 0 saturated carbocycles. The van der Waals surface area contributed by atoms with Crippen molar-refractivity contribution in [3.8, 4) is 0 Å². The first-order chi connectivity index (χ1) is 8.61. The van der Waals surface area contributed by atoms with Gasteiger partial charge in [-0.3, -0.25) is 4.79 Å². The molecule has 0 radical (unpaired) electrons. The van der Waals surface area contributed by atoms with Gasteiger partial charge in [0.2, 0.25) is 0 Å². The molecule has 0 aliphatic carbocycles. The van der Waals surface area contributed by atoms with Crippen LogP contribution in [-0.2, 0) is 0 Å². The number of aryl methyl sites for hydroxylation is 1. The number of thioether (sulfide) groups is 1. The molecule has 0 fully saturated rings. The Balaban J connectivity index is 2.23. The molecule has 0 amide bonds. The van der Waals surface area contributed by atoms with Crippen LogP contribution in [0.3, 0.4) is 0 Å². The summed E-state index contributed by atoms with van der Waals surface area (Å²) in [6.07, 6.45) is 3.46. The topological polar surface area (TPSA) is 57.8 Å². The predicted molar refractivity (Wildman–Crippen MR) is 77.3 cm³/mol. The smallest absolute Gasteiger partial charge is 0.251 e. The molecule has 0 aromatic carbocycles. The van der Waals surface area contributed by atoms with Crippen molar-refractivity contribution in [2.75, 3.05) is 12.3 Å². The van der Waals surface area contributed by atoms with Gasteiger partial charge in [0.15, 0.2) is 5.16 Å². The molecular weight excluding hydrogens is 246 g/mol. The molecule has 0 bridgehead atoms. The lowest BCUT2D eigenvalue weighted by Crippen LogP contribution is -2.26. The summed E-state index contributed by atoms with van der Waals surface area (Å²) in [7, 11) is 0. The number of rotatable bonds is 8. The van der Waals surface area contributed by atoms with Crippen molar-refractivity contribution in [2.24, 2.45) is 0 Å². The zero-order valence-corrected chi connectivity index (χ0v) is 12.3. The highest BCUT2D eigenvalue weighted by Crippen LogP contribution is 2.13. The third-order valence-electron chi connectivity index (χ3n) is 2.61. The summed E-state index contributed by atoms with van der Waals surface area (Å²) in [5.41, 5.74) is 0.710. The van der Waals surface area contributed by atoms with Crippen LogP contribution in [0.25, 0.3) is 0 Å². The molecule has 1 rings (SSSR count). The summed E-state index contributed by atoms with van der Waals surface area (Å²) >= 11 is 1.62. The van der Waals surface area contributed by atoms with Crippen LogP contribution in [0.15, 0.2) is 16.0 Å². The third kappa shape index (κ3) is 6.21. The second-order valence-electron chi connectivity index (χ2n) is 4.54. The summed E-state index contributed by atoms with van der Waals surface area (Å²) < 4.78 is 0. The van der Waals surface area contributed by atoms with E-state index in [0.717, 1.165) is 36.0 Å². The zero-order chi connectivity index (χ0) is 13.4. The van der Waals surface area contributed by atoms with Crippen molar-refractivity contribution in [1.29, 1.82) is 0 Å². The lowest BCUT2D eigenvalue weighted by atomic mass is 10.2.